The molecule has 0 radical (unpaired) electrons. The highest BCUT2D eigenvalue weighted by atomic mass is 32.1. The van der Waals surface area contributed by atoms with Crippen molar-refractivity contribution < 1.29 is 9.53 Å². The van der Waals surface area contributed by atoms with Gasteiger partial charge in [-0.1, -0.05) is 25.0 Å². The summed E-state index contributed by atoms with van der Waals surface area (Å²) in [5.41, 5.74) is 2.25. The molecule has 1 aromatic carbocycles. The molecule has 2 aliphatic rings. The number of hydrogen-bond acceptors (Lipinski definition) is 3. The van der Waals surface area contributed by atoms with E-state index in [1.165, 1.54) is 17.7 Å². The van der Waals surface area contributed by atoms with Crippen LogP contribution in [0, 0.1) is 0 Å². The fourth-order valence-electron chi connectivity index (χ4n) is 3.94. The van der Waals surface area contributed by atoms with Crippen molar-refractivity contribution in [1.29, 1.82) is 0 Å². The van der Waals surface area contributed by atoms with Gasteiger partial charge in [0.25, 0.3) is 5.91 Å². The van der Waals surface area contributed by atoms with E-state index in [1.807, 2.05) is 24.3 Å². The molecule has 126 valence electrons. The summed E-state index contributed by atoms with van der Waals surface area (Å²) in [5.74, 6) is 1.11. The predicted octanol–water partition coefficient (Wildman–Crippen LogP) is 5.10. The van der Waals surface area contributed by atoms with Crippen LogP contribution in [-0.2, 0) is 6.61 Å². The van der Waals surface area contributed by atoms with Gasteiger partial charge in [-0.25, -0.2) is 0 Å². The van der Waals surface area contributed by atoms with Crippen molar-refractivity contribution >= 4 is 17.2 Å². The van der Waals surface area contributed by atoms with Gasteiger partial charge in [0.1, 0.15) is 12.4 Å². The van der Waals surface area contributed by atoms with Crippen LogP contribution >= 0.6 is 11.3 Å². The van der Waals surface area contributed by atoms with Crippen molar-refractivity contribution in [2.24, 2.45) is 0 Å². The van der Waals surface area contributed by atoms with E-state index < -0.39 is 0 Å². The Bertz CT molecular complexity index is 759. The van der Waals surface area contributed by atoms with Gasteiger partial charge in [-0.15, -0.1) is 11.3 Å². The fourth-order valence-corrected chi connectivity index (χ4v) is 5.08. The molecule has 1 fully saturated rings. The molecule has 3 nitrogen and oxygen atoms in total. The standard InChI is InChI=1S/C20H23NO2S/c1-13(2)21(15-7-3-4-8-15)20(22)18-11-14-12-23-17-10-6-5-9-16(17)19(14)24-18/h5-6,9-11,13,15H,3-4,7-8,12H2,1-2H3. The van der Waals surface area contributed by atoms with Crippen molar-refractivity contribution in [2.75, 3.05) is 0 Å². The van der Waals surface area contributed by atoms with E-state index in [1.54, 1.807) is 11.3 Å². The second kappa shape index (κ2) is 6.25. The lowest BCUT2D eigenvalue weighted by molar-refractivity contribution is 0.0618. The molecule has 0 saturated heterocycles. The van der Waals surface area contributed by atoms with E-state index in [0.29, 0.717) is 12.6 Å². The lowest BCUT2D eigenvalue weighted by Gasteiger charge is -2.32. The Kier molecular flexibility index (Phi) is 4.09. The number of fused-ring (bicyclic) bond motifs is 3. The molecule has 4 heteroatoms. The van der Waals surface area contributed by atoms with E-state index in [4.69, 9.17) is 4.74 Å². The van der Waals surface area contributed by atoms with Crippen LogP contribution < -0.4 is 4.74 Å². The second-order valence-electron chi connectivity index (χ2n) is 6.99. The molecular formula is C20H23NO2S. The maximum atomic E-state index is 13.2. The molecular weight excluding hydrogens is 318 g/mol. The number of thiophene rings is 1. The first-order valence-corrected chi connectivity index (χ1v) is 9.64. The van der Waals surface area contributed by atoms with Crippen molar-refractivity contribution in [1.82, 2.24) is 4.90 Å². The quantitative estimate of drug-likeness (QED) is 0.777. The lowest BCUT2D eigenvalue weighted by Crippen LogP contribution is -2.43. The Morgan fingerprint density at radius 3 is 2.75 bits per heavy atom. The predicted molar refractivity (Wildman–Crippen MR) is 97.6 cm³/mol. The van der Waals surface area contributed by atoms with E-state index >= 15 is 0 Å². The van der Waals surface area contributed by atoms with Crippen LogP contribution in [0.3, 0.4) is 0 Å². The number of carbonyl (C=O) groups is 1. The molecule has 1 amide bonds. The summed E-state index contributed by atoms with van der Waals surface area (Å²) < 4.78 is 5.83. The van der Waals surface area contributed by atoms with Crippen LogP contribution in [0.2, 0.25) is 0 Å². The summed E-state index contributed by atoms with van der Waals surface area (Å²) >= 11 is 1.62. The van der Waals surface area contributed by atoms with E-state index in [9.17, 15) is 4.79 Å². The summed E-state index contributed by atoms with van der Waals surface area (Å²) in [6.07, 6.45) is 4.76. The molecule has 1 aliphatic heterocycles. The number of benzene rings is 1. The Hall–Kier alpha value is -1.81. The SMILES string of the molecule is CC(C)N(C(=O)c1cc2c(s1)-c1ccccc1OC2)C1CCCC1. The largest absolute Gasteiger partial charge is 0.488 e. The third-order valence-electron chi connectivity index (χ3n) is 5.04. The molecule has 2 heterocycles. The van der Waals surface area contributed by atoms with Crippen molar-refractivity contribution in [3.63, 3.8) is 0 Å². The van der Waals surface area contributed by atoms with Crippen LogP contribution in [0.4, 0.5) is 0 Å². The van der Waals surface area contributed by atoms with Gasteiger partial charge in [-0.05, 0) is 44.9 Å². The Labute approximate surface area is 147 Å². The molecule has 4 rings (SSSR count). The first kappa shape index (κ1) is 15.7. The monoisotopic (exact) mass is 341 g/mol. The van der Waals surface area contributed by atoms with Crippen LogP contribution in [0.1, 0.15) is 54.8 Å². The zero-order chi connectivity index (χ0) is 16.7. The first-order valence-electron chi connectivity index (χ1n) is 8.82. The van der Waals surface area contributed by atoms with Gasteiger partial charge in [0.05, 0.1) is 4.88 Å². The first-order chi connectivity index (χ1) is 11.6. The Balaban J connectivity index is 1.68. The summed E-state index contributed by atoms with van der Waals surface area (Å²) in [6, 6.07) is 10.8. The second-order valence-corrected chi connectivity index (χ2v) is 8.05. The number of hydrogen-bond donors (Lipinski definition) is 0. The minimum atomic E-state index is 0.189. The molecule has 1 aromatic heterocycles. The van der Waals surface area contributed by atoms with Gasteiger partial charge in [0, 0.05) is 28.1 Å². The topological polar surface area (TPSA) is 29.5 Å². The Morgan fingerprint density at radius 2 is 2.00 bits per heavy atom. The van der Waals surface area contributed by atoms with Gasteiger partial charge in [0.2, 0.25) is 0 Å². The molecule has 1 aliphatic carbocycles. The van der Waals surface area contributed by atoms with Crippen molar-refractivity contribution in [2.45, 2.75) is 58.2 Å². The fraction of sp³-hybridized carbons (Fsp3) is 0.450. The molecule has 1 saturated carbocycles. The number of carbonyl (C=O) groups excluding carboxylic acids is 1. The number of ether oxygens (including phenoxy) is 1. The van der Waals surface area contributed by atoms with Gasteiger partial charge < -0.3 is 9.64 Å². The zero-order valence-electron chi connectivity index (χ0n) is 14.2. The highest BCUT2D eigenvalue weighted by Gasteiger charge is 2.31. The van der Waals surface area contributed by atoms with Crippen LogP contribution in [0.25, 0.3) is 10.4 Å². The maximum Gasteiger partial charge on any atom is 0.264 e. The van der Waals surface area contributed by atoms with Gasteiger partial charge in [-0.2, -0.15) is 0 Å². The molecule has 0 unspecified atom stereocenters. The molecule has 0 atom stereocenters. The summed E-state index contributed by atoms with van der Waals surface area (Å²) in [4.78, 5) is 17.3. The van der Waals surface area contributed by atoms with Crippen LogP contribution in [0.15, 0.2) is 30.3 Å². The normalized spacial score (nSPS) is 16.6. The average Bonchev–Trinajstić information content (AvgIpc) is 3.24. The molecule has 0 spiro atoms. The number of rotatable bonds is 3. The minimum Gasteiger partial charge on any atom is -0.488 e. The van der Waals surface area contributed by atoms with Gasteiger partial charge >= 0.3 is 0 Å². The van der Waals surface area contributed by atoms with Crippen LogP contribution in [-0.4, -0.2) is 22.9 Å². The smallest absolute Gasteiger partial charge is 0.264 e. The molecule has 0 N–H and O–H groups in total. The summed E-state index contributed by atoms with van der Waals surface area (Å²) in [7, 11) is 0. The van der Waals surface area contributed by atoms with E-state index in [2.05, 4.69) is 24.8 Å². The van der Waals surface area contributed by atoms with Gasteiger partial charge in [-0.3, -0.25) is 4.79 Å². The number of para-hydroxylation sites is 1. The van der Waals surface area contributed by atoms with Gasteiger partial charge in [0.15, 0.2) is 0 Å². The zero-order valence-corrected chi connectivity index (χ0v) is 15.1. The molecule has 24 heavy (non-hydrogen) atoms. The summed E-state index contributed by atoms with van der Waals surface area (Å²) in [5, 5.41) is 0. The minimum absolute atomic E-state index is 0.189. The number of amides is 1. The lowest BCUT2D eigenvalue weighted by atomic mass is 10.1. The van der Waals surface area contributed by atoms with Crippen LogP contribution in [0.5, 0.6) is 5.75 Å². The van der Waals surface area contributed by atoms with E-state index in [0.717, 1.165) is 34.6 Å². The molecule has 0 bridgehead atoms. The molecule has 2 aromatic rings. The van der Waals surface area contributed by atoms with Crippen molar-refractivity contribution in [3.05, 3.63) is 40.8 Å². The highest BCUT2D eigenvalue weighted by Crippen LogP contribution is 2.43. The highest BCUT2D eigenvalue weighted by molar-refractivity contribution is 7.17. The summed E-state index contributed by atoms with van der Waals surface area (Å²) in [6.45, 7) is 4.81. The third-order valence-corrected chi connectivity index (χ3v) is 6.24. The average molecular weight is 341 g/mol. The third kappa shape index (κ3) is 2.63. The Morgan fingerprint density at radius 1 is 1.25 bits per heavy atom. The van der Waals surface area contributed by atoms with Crippen molar-refractivity contribution in [3.8, 4) is 16.2 Å². The van der Waals surface area contributed by atoms with E-state index in [-0.39, 0.29) is 11.9 Å². The number of nitrogens with zero attached hydrogens (tertiary/aromatic N) is 1. The maximum absolute atomic E-state index is 13.2.